The van der Waals surface area contributed by atoms with Crippen molar-refractivity contribution in [1.82, 2.24) is 0 Å². The molecule has 3 saturated carbocycles. The Labute approximate surface area is 186 Å². The van der Waals surface area contributed by atoms with Gasteiger partial charge in [-0.25, -0.2) is 0 Å². The third kappa shape index (κ3) is 3.18. The highest BCUT2D eigenvalue weighted by Gasteiger charge is 2.58. The van der Waals surface area contributed by atoms with Gasteiger partial charge < -0.3 is 9.53 Å². The molecule has 0 aliphatic heterocycles. The molecule has 4 aliphatic rings. The highest BCUT2D eigenvalue weighted by Crippen LogP contribution is 2.65. The van der Waals surface area contributed by atoms with Gasteiger partial charge in [0, 0.05) is 5.41 Å². The van der Waals surface area contributed by atoms with Gasteiger partial charge in [0.05, 0.1) is 12.2 Å². The Morgan fingerprint density at radius 3 is 2.43 bits per heavy atom. The zero-order valence-corrected chi connectivity index (χ0v) is 21.3. The molecule has 6 atom stereocenters. The van der Waals surface area contributed by atoms with Gasteiger partial charge in [-0.05, 0) is 80.8 Å². The summed E-state index contributed by atoms with van der Waals surface area (Å²) in [5, 5.41) is 10.8. The molecule has 0 saturated heterocycles. The van der Waals surface area contributed by atoms with E-state index in [4.69, 9.17) is 4.43 Å². The number of allylic oxidation sites excluding steroid dienone is 5. The van der Waals surface area contributed by atoms with E-state index in [9.17, 15) is 5.11 Å². The van der Waals surface area contributed by atoms with Crippen LogP contribution in [0.1, 0.15) is 80.1 Å². The van der Waals surface area contributed by atoms with Crippen molar-refractivity contribution < 1.29 is 9.53 Å². The summed E-state index contributed by atoms with van der Waals surface area (Å²) in [6, 6.07) is 3.54. The maximum Gasteiger partial charge on any atom is 0.192 e. The Morgan fingerprint density at radius 2 is 1.80 bits per heavy atom. The zero-order valence-electron chi connectivity index (χ0n) is 20.3. The summed E-state index contributed by atoms with van der Waals surface area (Å²) < 4.78 is 7.20. The van der Waals surface area contributed by atoms with E-state index >= 15 is 0 Å². The average molecular weight is 429 g/mol. The van der Waals surface area contributed by atoms with Crippen LogP contribution >= 0.6 is 0 Å². The maximum absolute atomic E-state index is 10.8. The first-order valence-electron chi connectivity index (χ1n) is 12.7. The van der Waals surface area contributed by atoms with Gasteiger partial charge in [-0.15, -0.1) is 0 Å². The van der Waals surface area contributed by atoms with Crippen LogP contribution in [0, 0.1) is 22.7 Å². The van der Waals surface area contributed by atoms with Gasteiger partial charge in [-0.1, -0.05) is 69.6 Å². The van der Waals surface area contributed by atoms with Crippen LogP contribution in [0.5, 0.6) is 0 Å². The quantitative estimate of drug-likeness (QED) is 0.371. The second-order valence-corrected chi connectivity index (χ2v) is 15.7. The summed E-state index contributed by atoms with van der Waals surface area (Å²) in [4.78, 5) is 0. The van der Waals surface area contributed by atoms with Gasteiger partial charge in [0.1, 0.15) is 0 Å². The van der Waals surface area contributed by atoms with Crippen molar-refractivity contribution in [2.75, 3.05) is 0 Å². The molecule has 0 spiro atoms. The van der Waals surface area contributed by atoms with Crippen molar-refractivity contribution in [2.24, 2.45) is 22.7 Å². The predicted octanol–water partition coefficient (Wildman–Crippen LogP) is 7.18. The van der Waals surface area contributed by atoms with Crippen LogP contribution in [0.4, 0.5) is 0 Å². The van der Waals surface area contributed by atoms with Crippen LogP contribution in [0.2, 0.25) is 18.1 Å². The van der Waals surface area contributed by atoms with Crippen LogP contribution < -0.4 is 0 Å². The minimum atomic E-state index is -1.74. The summed E-state index contributed by atoms with van der Waals surface area (Å²) in [7, 11) is -1.74. The molecule has 0 bridgehead atoms. The largest absolute Gasteiger partial charge is 0.413 e. The number of aliphatic hydroxyl groups excluding tert-OH is 1. The minimum absolute atomic E-state index is 0.0566. The van der Waals surface area contributed by atoms with Crippen LogP contribution in [0.3, 0.4) is 0 Å². The number of aliphatic hydroxyl groups is 1. The molecular formula is C27H44O2Si. The number of rotatable bonds is 5. The normalized spacial score (nSPS) is 42.3. The molecule has 0 radical (unpaired) electrons. The minimum Gasteiger partial charge on any atom is -0.413 e. The van der Waals surface area contributed by atoms with E-state index in [0.29, 0.717) is 17.3 Å². The molecule has 0 amide bonds. The molecule has 0 heterocycles. The Morgan fingerprint density at radius 1 is 1.10 bits per heavy atom. The summed E-state index contributed by atoms with van der Waals surface area (Å²) in [6.07, 6.45) is 14.0. The Balaban J connectivity index is 1.73. The van der Waals surface area contributed by atoms with Gasteiger partial charge in [-0.3, -0.25) is 0 Å². The molecular weight excluding hydrogens is 384 g/mol. The van der Waals surface area contributed by atoms with Gasteiger partial charge in [-0.2, -0.15) is 0 Å². The second-order valence-electron chi connectivity index (χ2n) is 11.0. The summed E-state index contributed by atoms with van der Waals surface area (Å²) in [5.41, 5.74) is 5.26. The highest BCUT2D eigenvalue weighted by atomic mass is 28.4. The maximum atomic E-state index is 10.8. The Bertz CT molecular complexity index is 753. The van der Waals surface area contributed by atoms with Crippen LogP contribution in [0.15, 0.2) is 34.9 Å². The van der Waals surface area contributed by atoms with Gasteiger partial charge in [0.25, 0.3) is 0 Å². The zero-order chi connectivity index (χ0) is 21.7. The summed E-state index contributed by atoms with van der Waals surface area (Å²) >= 11 is 0. The number of hydrogen-bond donors (Lipinski definition) is 1. The lowest BCUT2D eigenvalue weighted by atomic mass is 9.50. The molecule has 4 aliphatic carbocycles. The molecule has 3 heteroatoms. The molecule has 168 valence electrons. The molecule has 30 heavy (non-hydrogen) atoms. The summed E-state index contributed by atoms with van der Waals surface area (Å²) in [6.45, 7) is 14.2. The van der Waals surface area contributed by atoms with E-state index in [0.717, 1.165) is 12.8 Å². The van der Waals surface area contributed by atoms with Gasteiger partial charge >= 0.3 is 0 Å². The fourth-order valence-corrected chi connectivity index (χ4v) is 10.8. The average Bonchev–Trinajstić information content (AvgIpc) is 3.09. The molecule has 3 fully saturated rings. The van der Waals surface area contributed by atoms with E-state index in [-0.39, 0.29) is 17.6 Å². The Kier molecular flexibility index (Phi) is 6.05. The number of fused-ring (bicyclic) bond motifs is 5. The van der Waals surface area contributed by atoms with E-state index in [2.05, 4.69) is 59.8 Å². The highest BCUT2D eigenvalue weighted by molar-refractivity contribution is 6.73. The second kappa shape index (κ2) is 8.05. The lowest BCUT2D eigenvalue weighted by Gasteiger charge is -2.57. The SMILES string of the molecule is CC=C1CCC2C3=CC=C4CC(O)CC(O[Si](CC)(CC)CC)[C@]4(C)C3CC[C@]12C. The molecule has 4 rings (SSSR count). The first-order valence-corrected chi connectivity index (χ1v) is 15.2. The van der Waals surface area contributed by atoms with Crippen molar-refractivity contribution in [3.63, 3.8) is 0 Å². The van der Waals surface area contributed by atoms with Crippen molar-refractivity contribution in [3.8, 4) is 0 Å². The van der Waals surface area contributed by atoms with E-state index in [1.807, 2.05) is 0 Å². The third-order valence-electron chi connectivity index (χ3n) is 10.1. The van der Waals surface area contributed by atoms with E-state index in [1.165, 1.54) is 49.4 Å². The van der Waals surface area contributed by atoms with Crippen molar-refractivity contribution in [2.45, 2.75) is 110 Å². The molecule has 4 unspecified atom stereocenters. The molecule has 1 N–H and O–H groups in total. The van der Waals surface area contributed by atoms with E-state index in [1.54, 1.807) is 11.1 Å². The lowest BCUT2D eigenvalue weighted by molar-refractivity contribution is -0.0403. The topological polar surface area (TPSA) is 29.5 Å². The predicted molar refractivity (Wildman–Crippen MR) is 129 cm³/mol. The van der Waals surface area contributed by atoms with Crippen molar-refractivity contribution in [3.05, 3.63) is 34.9 Å². The standard InChI is InChI=1S/C27H44O2Si/c1-7-19-12-14-23-22-13-11-20-17-21(28)18-25(29-30(8-2,9-3)10-4)27(20,6)24(22)15-16-26(19,23)5/h7,11,13,21,23-25,28H,8-10,12,14-18H2,1-6H3/t21?,23?,24?,25?,26-,27+/m1/s1. The van der Waals surface area contributed by atoms with Crippen LogP contribution in [0.25, 0.3) is 0 Å². The smallest absolute Gasteiger partial charge is 0.192 e. The summed E-state index contributed by atoms with van der Waals surface area (Å²) in [5.74, 6) is 1.27. The van der Waals surface area contributed by atoms with Crippen molar-refractivity contribution >= 4 is 8.32 Å². The first kappa shape index (κ1) is 22.5. The molecule has 0 aromatic carbocycles. The van der Waals surface area contributed by atoms with Crippen molar-refractivity contribution in [1.29, 1.82) is 0 Å². The Hall–Kier alpha value is -0.643. The molecule has 0 aromatic rings. The van der Waals surface area contributed by atoms with Gasteiger partial charge in [0.2, 0.25) is 0 Å². The molecule has 2 nitrogen and oxygen atoms in total. The van der Waals surface area contributed by atoms with Crippen LogP contribution in [-0.4, -0.2) is 25.6 Å². The lowest BCUT2D eigenvalue weighted by Crippen LogP contribution is -2.56. The molecule has 0 aromatic heterocycles. The monoisotopic (exact) mass is 428 g/mol. The fraction of sp³-hybridized carbons (Fsp3) is 0.778. The third-order valence-corrected chi connectivity index (χ3v) is 14.8. The first-order chi connectivity index (χ1) is 14.3. The van der Waals surface area contributed by atoms with Crippen LogP contribution in [-0.2, 0) is 4.43 Å². The fourth-order valence-electron chi connectivity index (χ4n) is 7.82. The van der Waals surface area contributed by atoms with E-state index < -0.39 is 8.32 Å². The number of hydrogen-bond acceptors (Lipinski definition) is 2. The van der Waals surface area contributed by atoms with Gasteiger partial charge in [0.15, 0.2) is 8.32 Å².